The van der Waals surface area contributed by atoms with Crippen molar-refractivity contribution in [3.63, 3.8) is 0 Å². The number of hydrogen-bond donors (Lipinski definition) is 1. The van der Waals surface area contributed by atoms with Crippen molar-refractivity contribution in [2.75, 3.05) is 0 Å². The predicted octanol–water partition coefficient (Wildman–Crippen LogP) is 3.98. The van der Waals surface area contributed by atoms with Gasteiger partial charge >= 0.3 is 0 Å². The van der Waals surface area contributed by atoms with Crippen molar-refractivity contribution in [1.82, 2.24) is 0 Å². The van der Waals surface area contributed by atoms with Crippen LogP contribution in [0.15, 0.2) is 48.5 Å². The summed E-state index contributed by atoms with van der Waals surface area (Å²) in [6, 6.07) is 16.3. The van der Waals surface area contributed by atoms with Crippen LogP contribution < -0.4 is 10.5 Å². The summed E-state index contributed by atoms with van der Waals surface area (Å²) >= 11 is 0. The maximum atomic E-state index is 6.11. The molecule has 0 aliphatic heterocycles. The van der Waals surface area contributed by atoms with Crippen molar-refractivity contribution in [1.29, 1.82) is 0 Å². The molecule has 2 aromatic carbocycles. The fourth-order valence-electron chi connectivity index (χ4n) is 2.07. The lowest BCUT2D eigenvalue weighted by Gasteiger charge is -2.16. The van der Waals surface area contributed by atoms with Crippen LogP contribution in [-0.4, -0.2) is 0 Å². The number of nitrogens with two attached hydrogens (primary N) is 1. The lowest BCUT2D eigenvalue weighted by Crippen LogP contribution is -2.11. The zero-order valence-corrected chi connectivity index (χ0v) is 11.6. The average Bonchev–Trinajstić information content (AvgIpc) is 2.46. The van der Waals surface area contributed by atoms with Crippen LogP contribution in [0.25, 0.3) is 0 Å². The molecule has 0 saturated carbocycles. The van der Waals surface area contributed by atoms with Gasteiger partial charge in [0.05, 0.1) is 0 Å². The van der Waals surface area contributed by atoms with E-state index in [4.69, 9.17) is 10.5 Å². The predicted molar refractivity (Wildman–Crippen MR) is 79.2 cm³/mol. The molecule has 0 bridgehead atoms. The molecule has 0 amide bonds. The molecule has 2 N–H and O–H groups in total. The van der Waals surface area contributed by atoms with Crippen molar-refractivity contribution in [2.45, 2.75) is 32.9 Å². The monoisotopic (exact) mass is 255 g/mol. The standard InChI is InChI=1S/C17H21NO/c1-3-16(18)15-10-6-7-11-17(15)19-12-14-9-5-4-8-13(14)2/h4-11,16H,3,12,18H2,1-2H3. The van der Waals surface area contributed by atoms with Crippen molar-refractivity contribution in [3.05, 3.63) is 65.2 Å². The minimum absolute atomic E-state index is 0.0353. The Morgan fingerprint density at radius 2 is 1.74 bits per heavy atom. The van der Waals surface area contributed by atoms with Gasteiger partial charge in [-0.15, -0.1) is 0 Å². The molecule has 0 aromatic heterocycles. The van der Waals surface area contributed by atoms with E-state index in [1.807, 2.05) is 36.4 Å². The molecule has 0 aliphatic rings. The van der Waals surface area contributed by atoms with Crippen molar-refractivity contribution in [2.24, 2.45) is 5.73 Å². The number of hydrogen-bond acceptors (Lipinski definition) is 2. The summed E-state index contributed by atoms with van der Waals surface area (Å²) in [5, 5.41) is 0. The quantitative estimate of drug-likeness (QED) is 0.877. The smallest absolute Gasteiger partial charge is 0.124 e. The van der Waals surface area contributed by atoms with Gasteiger partial charge in [0.1, 0.15) is 12.4 Å². The summed E-state index contributed by atoms with van der Waals surface area (Å²) in [6.07, 6.45) is 0.907. The first-order valence-electron chi connectivity index (χ1n) is 6.74. The third-order valence-corrected chi connectivity index (χ3v) is 3.40. The third-order valence-electron chi connectivity index (χ3n) is 3.40. The molecule has 0 radical (unpaired) electrons. The second kappa shape index (κ2) is 6.39. The molecule has 2 rings (SSSR count). The topological polar surface area (TPSA) is 35.2 Å². The number of benzene rings is 2. The van der Waals surface area contributed by atoms with E-state index in [-0.39, 0.29) is 6.04 Å². The summed E-state index contributed by atoms with van der Waals surface area (Å²) in [5.74, 6) is 0.889. The third kappa shape index (κ3) is 3.36. The van der Waals surface area contributed by atoms with Crippen LogP contribution in [0.2, 0.25) is 0 Å². The van der Waals surface area contributed by atoms with Gasteiger partial charge in [-0.1, -0.05) is 49.4 Å². The van der Waals surface area contributed by atoms with Crippen molar-refractivity contribution < 1.29 is 4.74 Å². The number of ether oxygens (including phenoxy) is 1. The van der Waals surface area contributed by atoms with E-state index in [9.17, 15) is 0 Å². The van der Waals surface area contributed by atoms with Gasteiger partial charge in [-0.25, -0.2) is 0 Å². The number of para-hydroxylation sites is 1. The summed E-state index contributed by atoms with van der Waals surface area (Å²) in [4.78, 5) is 0. The van der Waals surface area contributed by atoms with Gasteiger partial charge in [0, 0.05) is 11.6 Å². The molecule has 100 valence electrons. The molecule has 1 atom stereocenters. The van der Waals surface area contributed by atoms with Crippen LogP contribution in [0.5, 0.6) is 5.75 Å². The molecule has 2 heteroatoms. The molecule has 0 aliphatic carbocycles. The zero-order valence-electron chi connectivity index (χ0n) is 11.6. The van der Waals surface area contributed by atoms with E-state index >= 15 is 0 Å². The Morgan fingerprint density at radius 1 is 1.05 bits per heavy atom. The molecule has 19 heavy (non-hydrogen) atoms. The Labute approximate surface area is 115 Å². The van der Waals surface area contributed by atoms with Crippen LogP contribution in [-0.2, 0) is 6.61 Å². The Balaban J connectivity index is 2.14. The van der Waals surface area contributed by atoms with Gasteiger partial charge in [0.15, 0.2) is 0 Å². The summed E-state index contributed by atoms with van der Waals surface area (Å²) in [6.45, 7) is 4.77. The van der Waals surface area contributed by atoms with E-state index in [1.165, 1.54) is 11.1 Å². The highest BCUT2D eigenvalue weighted by Crippen LogP contribution is 2.26. The Kier molecular flexibility index (Phi) is 4.58. The molecule has 1 unspecified atom stereocenters. The van der Waals surface area contributed by atoms with Crippen LogP contribution in [0.4, 0.5) is 0 Å². The SMILES string of the molecule is CCC(N)c1ccccc1OCc1ccccc1C. The normalized spacial score (nSPS) is 12.2. The second-order valence-corrected chi connectivity index (χ2v) is 4.77. The highest BCUT2D eigenvalue weighted by molar-refractivity contribution is 5.36. The van der Waals surface area contributed by atoms with E-state index in [2.05, 4.69) is 26.0 Å². The number of aryl methyl sites for hydroxylation is 1. The molecule has 0 spiro atoms. The number of rotatable bonds is 5. The van der Waals surface area contributed by atoms with E-state index < -0.39 is 0 Å². The Bertz CT molecular complexity index is 536. The molecule has 2 aromatic rings. The maximum Gasteiger partial charge on any atom is 0.124 e. The highest BCUT2D eigenvalue weighted by Gasteiger charge is 2.10. The van der Waals surface area contributed by atoms with Crippen LogP contribution in [0, 0.1) is 6.92 Å². The lowest BCUT2D eigenvalue weighted by atomic mass is 10.0. The summed E-state index contributed by atoms with van der Waals surface area (Å²) < 4.78 is 5.95. The zero-order chi connectivity index (χ0) is 13.7. The van der Waals surface area contributed by atoms with Gasteiger partial charge in [0.2, 0.25) is 0 Å². The minimum atomic E-state index is 0.0353. The molecule has 0 fully saturated rings. The molecule has 0 heterocycles. The summed E-state index contributed by atoms with van der Waals surface area (Å²) in [7, 11) is 0. The Morgan fingerprint density at radius 3 is 2.47 bits per heavy atom. The largest absolute Gasteiger partial charge is 0.489 e. The van der Waals surface area contributed by atoms with Gasteiger partial charge in [-0.3, -0.25) is 0 Å². The fraction of sp³-hybridized carbons (Fsp3) is 0.294. The van der Waals surface area contributed by atoms with Gasteiger partial charge < -0.3 is 10.5 Å². The second-order valence-electron chi connectivity index (χ2n) is 4.77. The lowest BCUT2D eigenvalue weighted by molar-refractivity contribution is 0.300. The molecular weight excluding hydrogens is 234 g/mol. The van der Waals surface area contributed by atoms with Crippen molar-refractivity contribution in [3.8, 4) is 5.75 Å². The van der Waals surface area contributed by atoms with Gasteiger partial charge in [-0.05, 0) is 30.5 Å². The molecular formula is C17H21NO. The first-order valence-corrected chi connectivity index (χ1v) is 6.74. The van der Waals surface area contributed by atoms with Crippen LogP contribution in [0.1, 0.15) is 36.1 Å². The van der Waals surface area contributed by atoms with E-state index in [1.54, 1.807) is 0 Å². The summed E-state index contributed by atoms with van der Waals surface area (Å²) in [5.41, 5.74) is 9.66. The maximum absolute atomic E-state index is 6.11. The minimum Gasteiger partial charge on any atom is -0.489 e. The average molecular weight is 255 g/mol. The van der Waals surface area contributed by atoms with Gasteiger partial charge in [0.25, 0.3) is 0 Å². The van der Waals surface area contributed by atoms with E-state index in [0.717, 1.165) is 17.7 Å². The van der Waals surface area contributed by atoms with E-state index in [0.29, 0.717) is 6.61 Å². The first kappa shape index (κ1) is 13.6. The van der Waals surface area contributed by atoms with Crippen LogP contribution in [0.3, 0.4) is 0 Å². The molecule has 2 nitrogen and oxygen atoms in total. The highest BCUT2D eigenvalue weighted by atomic mass is 16.5. The van der Waals surface area contributed by atoms with Crippen molar-refractivity contribution >= 4 is 0 Å². The van der Waals surface area contributed by atoms with Gasteiger partial charge in [-0.2, -0.15) is 0 Å². The Hall–Kier alpha value is -1.80. The van der Waals surface area contributed by atoms with Crippen LogP contribution >= 0.6 is 0 Å². The first-order chi connectivity index (χ1) is 9.22. The fourth-order valence-corrected chi connectivity index (χ4v) is 2.07. The molecule has 0 saturated heterocycles.